The second-order valence-electron chi connectivity index (χ2n) is 6.27. The van der Waals surface area contributed by atoms with Gasteiger partial charge in [0.15, 0.2) is 5.82 Å². The number of anilines is 2. The van der Waals surface area contributed by atoms with Gasteiger partial charge >= 0.3 is 5.97 Å². The van der Waals surface area contributed by atoms with Gasteiger partial charge in [0.25, 0.3) is 0 Å². The number of nitrogens with two attached hydrogens (primary N) is 1. The number of fused-ring (bicyclic) bond motifs is 1. The monoisotopic (exact) mass is 380 g/mol. The predicted octanol–water partition coefficient (Wildman–Crippen LogP) is 2.24. The number of carbonyl (C=O) groups is 2. The second kappa shape index (κ2) is 6.62. The minimum absolute atomic E-state index is 0.0325. The van der Waals surface area contributed by atoms with Crippen molar-refractivity contribution in [2.24, 2.45) is 5.73 Å². The first kappa shape index (κ1) is 17.4. The molecule has 2 atom stereocenters. The number of aromatic hydroxyl groups is 1. The van der Waals surface area contributed by atoms with Crippen molar-refractivity contribution in [1.82, 2.24) is 4.98 Å². The molecule has 1 aliphatic heterocycles. The Hall–Kier alpha value is -4.01. The van der Waals surface area contributed by atoms with E-state index in [2.05, 4.69) is 10.3 Å². The van der Waals surface area contributed by atoms with Gasteiger partial charge in [-0.25, -0.2) is 9.78 Å². The zero-order valence-electron chi connectivity index (χ0n) is 14.4. The Morgan fingerprint density at radius 1 is 1.29 bits per heavy atom. The Balaban J connectivity index is 1.94. The maximum Gasteiger partial charge on any atom is 0.338 e. The molecule has 9 heteroatoms. The largest absolute Gasteiger partial charge is 0.508 e. The van der Waals surface area contributed by atoms with Gasteiger partial charge in [-0.05, 0) is 29.8 Å². The summed E-state index contributed by atoms with van der Waals surface area (Å²) in [6, 6.07) is 8.08. The smallest absolute Gasteiger partial charge is 0.338 e. The molecule has 3 heterocycles. The van der Waals surface area contributed by atoms with Crippen LogP contribution in [0.2, 0.25) is 0 Å². The summed E-state index contributed by atoms with van der Waals surface area (Å²) in [7, 11) is 0. The Morgan fingerprint density at radius 2 is 2.11 bits per heavy atom. The highest BCUT2D eigenvalue weighted by Gasteiger charge is 2.42. The highest BCUT2D eigenvalue weighted by molar-refractivity contribution is 6.01. The molecule has 0 saturated carbocycles. The molecule has 4 rings (SSSR count). The van der Waals surface area contributed by atoms with Crippen LogP contribution in [0.4, 0.5) is 11.5 Å². The Bertz CT molecular complexity index is 1050. The molecule has 0 bridgehead atoms. The van der Waals surface area contributed by atoms with E-state index in [-0.39, 0.29) is 17.0 Å². The van der Waals surface area contributed by atoms with Crippen molar-refractivity contribution in [2.75, 3.05) is 10.2 Å². The SMILES string of the molecule is NC(=O)C(c1cccc(O)c1)N1c2c(C(=O)O)ccnc2NC1c1ccoc1. The molecule has 0 radical (unpaired) electrons. The number of carboxylic acids is 1. The lowest BCUT2D eigenvalue weighted by Crippen LogP contribution is -2.40. The first-order valence-corrected chi connectivity index (χ1v) is 8.35. The summed E-state index contributed by atoms with van der Waals surface area (Å²) in [5.41, 5.74) is 6.98. The van der Waals surface area contributed by atoms with Crippen molar-refractivity contribution in [2.45, 2.75) is 12.2 Å². The van der Waals surface area contributed by atoms with Crippen LogP contribution in [0.25, 0.3) is 0 Å². The van der Waals surface area contributed by atoms with E-state index in [1.807, 2.05) is 0 Å². The molecule has 1 amide bonds. The molecule has 3 aromatic rings. The van der Waals surface area contributed by atoms with Crippen LogP contribution in [0.1, 0.15) is 33.7 Å². The molecule has 0 fully saturated rings. The maximum absolute atomic E-state index is 12.5. The van der Waals surface area contributed by atoms with Gasteiger partial charge in [-0.2, -0.15) is 0 Å². The molecule has 0 spiro atoms. The Kier molecular flexibility index (Phi) is 4.11. The number of carboxylic acid groups (broad SMARTS) is 1. The number of phenolic OH excluding ortho intramolecular Hbond substituents is 1. The lowest BCUT2D eigenvalue weighted by atomic mass is 10.0. The number of aromatic nitrogens is 1. The summed E-state index contributed by atoms with van der Waals surface area (Å²) >= 11 is 0. The normalized spacial score (nSPS) is 16.3. The molecular formula is C19H16N4O5. The number of pyridine rings is 1. The minimum Gasteiger partial charge on any atom is -0.508 e. The highest BCUT2D eigenvalue weighted by atomic mass is 16.4. The number of nitrogens with one attached hydrogen (secondary N) is 1. The average Bonchev–Trinajstić information content (AvgIpc) is 3.29. The van der Waals surface area contributed by atoms with Crippen molar-refractivity contribution in [3.8, 4) is 5.75 Å². The summed E-state index contributed by atoms with van der Waals surface area (Å²) in [6.07, 6.45) is 3.68. The molecule has 0 aliphatic carbocycles. The van der Waals surface area contributed by atoms with Crippen LogP contribution in [0.3, 0.4) is 0 Å². The van der Waals surface area contributed by atoms with Gasteiger partial charge in [0.1, 0.15) is 18.0 Å². The van der Waals surface area contributed by atoms with Gasteiger partial charge in [-0.3, -0.25) is 4.79 Å². The van der Waals surface area contributed by atoms with Gasteiger partial charge in [-0.15, -0.1) is 0 Å². The molecule has 28 heavy (non-hydrogen) atoms. The third-order valence-electron chi connectivity index (χ3n) is 4.56. The summed E-state index contributed by atoms with van der Waals surface area (Å²) < 4.78 is 5.16. The van der Waals surface area contributed by atoms with Crippen molar-refractivity contribution in [1.29, 1.82) is 0 Å². The van der Waals surface area contributed by atoms with Crippen molar-refractivity contribution in [3.05, 3.63) is 71.8 Å². The molecule has 2 unspecified atom stereocenters. The molecule has 9 nitrogen and oxygen atoms in total. The molecule has 1 aliphatic rings. The van der Waals surface area contributed by atoms with Crippen molar-refractivity contribution >= 4 is 23.4 Å². The summed E-state index contributed by atoms with van der Waals surface area (Å²) in [6.45, 7) is 0. The standard InChI is InChI=1S/C19H16N4O5/c20-16(25)14(10-2-1-3-12(24)8-10)23-15-13(19(26)27)4-6-21-17(15)22-18(23)11-5-7-28-9-11/h1-9,14,18,24H,(H2,20,25)(H,21,22)(H,26,27). The van der Waals surface area contributed by atoms with Crippen molar-refractivity contribution in [3.63, 3.8) is 0 Å². The van der Waals surface area contributed by atoms with Crippen molar-refractivity contribution < 1.29 is 24.2 Å². The number of benzene rings is 1. The van der Waals surface area contributed by atoms with Gasteiger partial charge in [0.05, 0.1) is 23.8 Å². The van der Waals surface area contributed by atoms with E-state index in [1.165, 1.54) is 36.9 Å². The molecular weight excluding hydrogens is 364 g/mol. The predicted molar refractivity (Wildman–Crippen MR) is 98.8 cm³/mol. The number of amides is 1. The van der Waals surface area contributed by atoms with E-state index < -0.39 is 24.1 Å². The van der Waals surface area contributed by atoms with E-state index in [4.69, 9.17) is 10.2 Å². The van der Waals surface area contributed by atoms with Gasteiger partial charge < -0.3 is 30.6 Å². The number of rotatable bonds is 5. The summed E-state index contributed by atoms with van der Waals surface area (Å²) in [5, 5.41) is 22.7. The van der Waals surface area contributed by atoms with E-state index >= 15 is 0 Å². The fourth-order valence-corrected chi connectivity index (χ4v) is 3.43. The van der Waals surface area contributed by atoms with Crippen LogP contribution in [-0.4, -0.2) is 27.1 Å². The van der Waals surface area contributed by atoms with Crippen LogP contribution >= 0.6 is 0 Å². The van der Waals surface area contributed by atoms with Crippen LogP contribution < -0.4 is 16.0 Å². The first-order valence-electron chi connectivity index (χ1n) is 8.35. The molecule has 1 aromatic carbocycles. The van der Waals surface area contributed by atoms with Gasteiger partial charge in [0, 0.05) is 11.8 Å². The van der Waals surface area contributed by atoms with Crippen LogP contribution in [0.15, 0.2) is 59.5 Å². The molecule has 5 N–H and O–H groups in total. The highest BCUT2D eigenvalue weighted by Crippen LogP contribution is 2.47. The number of carbonyl (C=O) groups excluding carboxylic acids is 1. The number of furan rings is 1. The zero-order chi connectivity index (χ0) is 19.8. The number of hydrogen-bond donors (Lipinski definition) is 4. The number of phenols is 1. The van der Waals surface area contributed by atoms with Crippen LogP contribution in [0.5, 0.6) is 5.75 Å². The summed E-state index contributed by atoms with van der Waals surface area (Å²) in [5.74, 6) is -1.62. The number of hydrogen-bond acceptors (Lipinski definition) is 7. The fraction of sp³-hybridized carbons (Fsp3) is 0.105. The quantitative estimate of drug-likeness (QED) is 0.528. The summed E-state index contributed by atoms with van der Waals surface area (Å²) in [4.78, 5) is 30.1. The van der Waals surface area contributed by atoms with Crippen LogP contribution in [0, 0.1) is 0 Å². The number of primary amides is 1. The van der Waals surface area contributed by atoms with E-state index in [9.17, 15) is 19.8 Å². The number of aromatic carboxylic acids is 1. The Morgan fingerprint density at radius 3 is 2.75 bits per heavy atom. The molecule has 0 saturated heterocycles. The molecule has 142 valence electrons. The molecule has 2 aromatic heterocycles. The van der Waals surface area contributed by atoms with Gasteiger partial charge in [-0.1, -0.05) is 12.1 Å². The zero-order valence-corrected chi connectivity index (χ0v) is 14.4. The first-order chi connectivity index (χ1) is 13.5. The van der Waals surface area contributed by atoms with Crippen LogP contribution in [-0.2, 0) is 4.79 Å². The third-order valence-corrected chi connectivity index (χ3v) is 4.56. The fourth-order valence-electron chi connectivity index (χ4n) is 3.43. The average molecular weight is 380 g/mol. The third kappa shape index (κ3) is 2.78. The second-order valence-corrected chi connectivity index (χ2v) is 6.27. The lowest BCUT2D eigenvalue weighted by Gasteiger charge is -2.33. The Labute approximate surface area is 159 Å². The van der Waals surface area contributed by atoms with E-state index in [1.54, 1.807) is 23.1 Å². The van der Waals surface area contributed by atoms with Gasteiger partial charge in [0.2, 0.25) is 5.91 Å². The lowest BCUT2D eigenvalue weighted by molar-refractivity contribution is -0.119. The minimum atomic E-state index is -1.17. The maximum atomic E-state index is 12.5. The van der Waals surface area contributed by atoms with E-state index in [0.29, 0.717) is 16.9 Å². The topological polar surface area (TPSA) is 142 Å². The number of nitrogens with zero attached hydrogens (tertiary/aromatic N) is 2. The van der Waals surface area contributed by atoms with E-state index in [0.717, 1.165) is 0 Å².